The van der Waals surface area contributed by atoms with Crippen molar-refractivity contribution in [3.8, 4) is 5.75 Å². The standard InChI is InChI=1S/C28H36N2O4/c1-5-8-21(22-13-12-20(28(32)34-4)17-26(22)33-3)24-18-30-25-14-11-19(16-23(24)25)9-7-10-27(31)29-15-6-2/h11-14,16-18,21,30H,5-10,15H2,1-4H3,(H,29,31). The van der Waals surface area contributed by atoms with E-state index in [-0.39, 0.29) is 17.8 Å². The maximum absolute atomic E-state index is 12.0. The first-order valence-corrected chi connectivity index (χ1v) is 12.1. The number of hydrogen-bond acceptors (Lipinski definition) is 4. The highest BCUT2D eigenvalue weighted by Gasteiger charge is 2.22. The minimum atomic E-state index is -0.378. The van der Waals surface area contributed by atoms with Crippen molar-refractivity contribution in [1.82, 2.24) is 10.3 Å². The third kappa shape index (κ3) is 5.99. The molecule has 0 bridgehead atoms. The highest BCUT2D eigenvalue weighted by atomic mass is 16.5. The Kier molecular flexibility index (Phi) is 9.14. The lowest BCUT2D eigenvalue weighted by atomic mass is 9.86. The van der Waals surface area contributed by atoms with E-state index in [1.54, 1.807) is 19.2 Å². The summed E-state index contributed by atoms with van der Waals surface area (Å²) in [4.78, 5) is 27.3. The van der Waals surface area contributed by atoms with E-state index in [9.17, 15) is 9.59 Å². The van der Waals surface area contributed by atoms with Gasteiger partial charge in [-0.3, -0.25) is 4.79 Å². The summed E-state index contributed by atoms with van der Waals surface area (Å²) in [6.07, 6.45) is 7.21. The number of esters is 1. The smallest absolute Gasteiger partial charge is 0.337 e. The topological polar surface area (TPSA) is 80.4 Å². The molecule has 2 N–H and O–H groups in total. The van der Waals surface area contributed by atoms with Gasteiger partial charge in [-0.15, -0.1) is 0 Å². The van der Waals surface area contributed by atoms with Crippen molar-refractivity contribution < 1.29 is 19.1 Å². The van der Waals surface area contributed by atoms with Gasteiger partial charge in [-0.25, -0.2) is 4.79 Å². The molecular weight excluding hydrogens is 428 g/mol. The summed E-state index contributed by atoms with van der Waals surface area (Å²) in [5, 5.41) is 4.13. The predicted molar refractivity (Wildman–Crippen MR) is 136 cm³/mol. The van der Waals surface area contributed by atoms with Crippen LogP contribution in [0.1, 0.15) is 78.9 Å². The summed E-state index contributed by atoms with van der Waals surface area (Å²) in [5.74, 6) is 0.549. The molecule has 182 valence electrons. The maximum atomic E-state index is 12.0. The number of aromatic nitrogens is 1. The Bertz CT molecular complexity index is 1120. The first-order valence-electron chi connectivity index (χ1n) is 12.1. The molecule has 6 heteroatoms. The Hall–Kier alpha value is -3.28. The average molecular weight is 465 g/mol. The lowest BCUT2D eigenvalue weighted by Gasteiger charge is -2.20. The molecule has 1 heterocycles. The van der Waals surface area contributed by atoms with Gasteiger partial charge >= 0.3 is 5.97 Å². The van der Waals surface area contributed by atoms with Crippen LogP contribution in [-0.4, -0.2) is 37.6 Å². The zero-order valence-corrected chi connectivity index (χ0v) is 20.7. The van der Waals surface area contributed by atoms with E-state index in [0.29, 0.717) is 17.7 Å². The van der Waals surface area contributed by atoms with Crippen molar-refractivity contribution in [2.75, 3.05) is 20.8 Å². The van der Waals surface area contributed by atoms with Crippen LogP contribution in [0.4, 0.5) is 0 Å². The number of carbonyl (C=O) groups is 2. The molecule has 0 fully saturated rings. The third-order valence-corrected chi connectivity index (χ3v) is 6.20. The van der Waals surface area contributed by atoms with Crippen LogP contribution in [0.25, 0.3) is 10.9 Å². The number of nitrogens with one attached hydrogen (secondary N) is 2. The monoisotopic (exact) mass is 464 g/mol. The summed E-state index contributed by atoms with van der Waals surface area (Å²) in [5.41, 5.74) is 5.05. The van der Waals surface area contributed by atoms with Gasteiger partial charge in [0, 0.05) is 41.5 Å². The van der Waals surface area contributed by atoms with Crippen LogP contribution in [0.5, 0.6) is 5.75 Å². The van der Waals surface area contributed by atoms with E-state index in [0.717, 1.165) is 49.7 Å². The molecule has 3 rings (SSSR count). The number of fused-ring (bicyclic) bond motifs is 1. The second kappa shape index (κ2) is 12.3. The van der Waals surface area contributed by atoms with Crippen molar-refractivity contribution in [1.29, 1.82) is 0 Å². The van der Waals surface area contributed by atoms with Gasteiger partial charge in [0.2, 0.25) is 5.91 Å². The number of benzene rings is 2. The number of aryl methyl sites for hydroxylation is 1. The molecule has 0 aliphatic carbocycles. The fraction of sp³-hybridized carbons (Fsp3) is 0.429. The van der Waals surface area contributed by atoms with Crippen LogP contribution in [-0.2, 0) is 16.0 Å². The molecular formula is C28H36N2O4. The van der Waals surface area contributed by atoms with E-state index in [2.05, 4.69) is 48.5 Å². The van der Waals surface area contributed by atoms with Crippen LogP contribution in [0, 0.1) is 0 Å². The normalized spacial score (nSPS) is 11.9. The van der Waals surface area contributed by atoms with E-state index < -0.39 is 0 Å². The Labute approximate surface area is 202 Å². The lowest BCUT2D eigenvalue weighted by Crippen LogP contribution is -2.23. The molecule has 1 amide bonds. The second-order valence-electron chi connectivity index (χ2n) is 8.62. The maximum Gasteiger partial charge on any atom is 0.337 e. The Morgan fingerprint density at radius 1 is 1.03 bits per heavy atom. The van der Waals surface area contributed by atoms with Gasteiger partial charge in [0.15, 0.2) is 0 Å². The van der Waals surface area contributed by atoms with Crippen LogP contribution >= 0.6 is 0 Å². The Morgan fingerprint density at radius 2 is 1.85 bits per heavy atom. The highest BCUT2D eigenvalue weighted by Crippen LogP contribution is 2.39. The molecule has 1 aromatic heterocycles. The predicted octanol–water partition coefficient (Wildman–Crippen LogP) is 5.74. The third-order valence-electron chi connectivity index (χ3n) is 6.20. The number of H-pyrrole nitrogens is 1. The van der Waals surface area contributed by atoms with Gasteiger partial charge in [-0.2, -0.15) is 0 Å². The zero-order chi connectivity index (χ0) is 24.5. The molecule has 2 aromatic carbocycles. The summed E-state index contributed by atoms with van der Waals surface area (Å²) in [6, 6.07) is 12.0. The summed E-state index contributed by atoms with van der Waals surface area (Å²) < 4.78 is 10.6. The number of methoxy groups -OCH3 is 2. The summed E-state index contributed by atoms with van der Waals surface area (Å²) >= 11 is 0. The molecule has 0 aliphatic heterocycles. The summed E-state index contributed by atoms with van der Waals surface area (Å²) in [6.45, 7) is 4.96. The minimum Gasteiger partial charge on any atom is -0.496 e. The van der Waals surface area contributed by atoms with Crippen LogP contribution in [0.3, 0.4) is 0 Å². The van der Waals surface area contributed by atoms with E-state index >= 15 is 0 Å². The molecule has 3 aromatic rings. The molecule has 1 atom stereocenters. The molecule has 0 aliphatic rings. The number of rotatable bonds is 12. The minimum absolute atomic E-state index is 0.121. The lowest BCUT2D eigenvalue weighted by molar-refractivity contribution is -0.121. The number of amides is 1. The van der Waals surface area contributed by atoms with Crippen LogP contribution in [0.15, 0.2) is 42.6 Å². The number of hydrogen-bond donors (Lipinski definition) is 2. The van der Waals surface area contributed by atoms with Gasteiger partial charge < -0.3 is 19.8 Å². The molecule has 1 unspecified atom stereocenters. The van der Waals surface area contributed by atoms with Gasteiger partial charge in [0.25, 0.3) is 0 Å². The molecule has 0 saturated carbocycles. The fourth-order valence-corrected chi connectivity index (χ4v) is 4.45. The fourth-order valence-electron chi connectivity index (χ4n) is 4.45. The number of carbonyl (C=O) groups excluding carboxylic acids is 2. The molecule has 0 spiro atoms. The first kappa shape index (κ1) is 25.3. The molecule has 0 saturated heterocycles. The molecule has 0 radical (unpaired) electrons. The van der Waals surface area contributed by atoms with Crippen molar-refractivity contribution >= 4 is 22.8 Å². The molecule has 34 heavy (non-hydrogen) atoms. The van der Waals surface area contributed by atoms with Gasteiger partial charge in [0.1, 0.15) is 5.75 Å². The Balaban J connectivity index is 1.88. The van der Waals surface area contributed by atoms with Crippen molar-refractivity contribution in [2.45, 2.75) is 58.3 Å². The summed E-state index contributed by atoms with van der Waals surface area (Å²) in [7, 11) is 3.01. The van der Waals surface area contributed by atoms with E-state index in [1.807, 2.05) is 6.07 Å². The number of ether oxygens (including phenoxy) is 2. The quantitative estimate of drug-likeness (QED) is 0.335. The van der Waals surface area contributed by atoms with Crippen molar-refractivity contribution in [3.05, 3.63) is 64.8 Å². The second-order valence-corrected chi connectivity index (χ2v) is 8.62. The SMILES string of the molecule is CCCNC(=O)CCCc1ccc2[nH]cc(C(CCC)c3ccc(C(=O)OC)cc3OC)c2c1. The first-order chi connectivity index (χ1) is 16.5. The van der Waals surface area contributed by atoms with E-state index in [4.69, 9.17) is 9.47 Å². The van der Waals surface area contributed by atoms with Gasteiger partial charge in [-0.05, 0) is 61.1 Å². The van der Waals surface area contributed by atoms with Gasteiger partial charge in [0.05, 0.1) is 19.8 Å². The number of aromatic amines is 1. The van der Waals surface area contributed by atoms with Gasteiger partial charge in [-0.1, -0.05) is 32.4 Å². The highest BCUT2D eigenvalue weighted by molar-refractivity contribution is 5.90. The molecule has 6 nitrogen and oxygen atoms in total. The van der Waals surface area contributed by atoms with Crippen LogP contribution < -0.4 is 10.1 Å². The van der Waals surface area contributed by atoms with Crippen LogP contribution in [0.2, 0.25) is 0 Å². The van der Waals surface area contributed by atoms with Crippen molar-refractivity contribution in [3.63, 3.8) is 0 Å². The average Bonchev–Trinajstić information content (AvgIpc) is 3.28. The zero-order valence-electron chi connectivity index (χ0n) is 20.7. The van der Waals surface area contributed by atoms with E-state index in [1.165, 1.54) is 23.6 Å². The largest absolute Gasteiger partial charge is 0.496 e. The Morgan fingerprint density at radius 3 is 2.56 bits per heavy atom. The van der Waals surface area contributed by atoms with Crippen molar-refractivity contribution in [2.24, 2.45) is 0 Å².